The van der Waals surface area contributed by atoms with E-state index in [1.165, 1.54) is 0 Å². The minimum Gasteiger partial charge on any atom is -0.316 e. The topological polar surface area (TPSA) is 49.4 Å². The van der Waals surface area contributed by atoms with Gasteiger partial charge in [-0.3, -0.25) is 0 Å². The molecule has 0 aromatic rings. The summed E-state index contributed by atoms with van der Waals surface area (Å²) in [6.07, 6.45) is 1.01. The number of hydrogen-bond acceptors (Lipinski definition) is 3. The molecule has 2 atom stereocenters. The van der Waals surface area contributed by atoms with Crippen LogP contribution in [0.4, 0.5) is 0 Å². The first-order valence-corrected chi connectivity index (χ1v) is 8.10. The van der Waals surface area contributed by atoms with Crippen molar-refractivity contribution >= 4 is 10.0 Å². The van der Waals surface area contributed by atoms with Crippen LogP contribution >= 0.6 is 0 Å². The first-order valence-electron chi connectivity index (χ1n) is 6.59. The second-order valence-corrected chi connectivity index (χ2v) is 6.98. The Morgan fingerprint density at radius 2 is 1.76 bits per heavy atom. The fourth-order valence-electron chi connectivity index (χ4n) is 1.60. The van der Waals surface area contributed by atoms with Gasteiger partial charge in [0, 0.05) is 19.6 Å². The Kier molecular flexibility index (Phi) is 8.00. The molecule has 17 heavy (non-hydrogen) atoms. The Balaban J connectivity index is 4.62. The second-order valence-electron chi connectivity index (χ2n) is 4.63. The highest BCUT2D eigenvalue weighted by molar-refractivity contribution is 7.89. The van der Waals surface area contributed by atoms with Gasteiger partial charge in [0.1, 0.15) is 0 Å². The monoisotopic (exact) mass is 264 g/mol. The Morgan fingerprint density at radius 3 is 2.18 bits per heavy atom. The van der Waals surface area contributed by atoms with E-state index in [1.807, 2.05) is 13.8 Å². The molecule has 2 unspecified atom stereocenters. The Hall–Kier alpha value is -0.130. The number of rotatable bonds is 9. The summed E-state index contributed by atoms with van der Waals surface area (Å²) in [4.78, 5) is 0. The van der Waals surface area contributed by atoms with Crippen molar-refractivity contribution in [2.24, 2.45) is 5.92 Å². The molecule has 0 bridgehead atoms. The standard InChI is InChI=1S/C12H28N2O2S/c1-6-11(4)10-14(8-3)17(15,16)12(5)9-13-7-2/h11-13H,6-10H2,1-5H3. The lowest BCUT2D eigenvalue weighted by Gasteiger charge is -2.26. The van der Waals surface area contributed by atoms with E-state index in [4.69, 9.17) is 0 Å². The van der Waals surface area contributed by atoms with Gasteiger partial charge in [0.25, 0.3) is 0 Å². The summed E-state index contributed by atoms with van der Waals surface area (Å²) < 4.78 is 26.2. The predicted molar refractivity (Wildman–Crippen MR) is 73.6 cm³/mol. The molecule has 4 nitrogen and oxygen atoms in total. The molecule has 0 amide bonds. The second kappa shape index (κ2) is 8.06. The molecule has 0 aromatic heterocycles. The molecule has 0 radical (unpaired) electrons. The van der Waals surface area contributed by atoms with Gasteiger partial charge in [-0.2, -0.15) is 0 Å². The third-order valence-electron chi connectivity index (χ3n) is 3.12. The van der Waals surface area contributed by atoms with Crippen LogP contribution in [0.5, 0.6) is 0 Å². The highest BCUT2D eigenvalue weighted by atomic mass is 32.2. The molecule has 0 rings (SSSR count). The maximum atomic E-state index is 12.3. The summed E-state index contributed by atoms with van der Waals surface area (Å²) in [7, 11) is -3.16. The lowest BCUT2D eigenvalue weighted by molar-refractivity contribution is 0.357. The minimum absolute atomic E-state index is 0.355. The summed E-state index contributed by atoms with van der Waals surface area (Å²) in [5.41, 5.74) is 0. The summed E-state index contributed by atoms with van der Waals surface area (Å²) >= 11 is 0. The maximum Gasteiger partial charge on any atom is 0.217 e. The van der Waals surface area contributed by atoms with Gasteiger partial charge >= 0.3 is 0 Å². The molecule has 0 aliphatic heterocycles. The van der Waals surface area contributed by atoms with Gasteiger partial charge < -0.3 is 5.32 Å². The van der Waals surface area contributed by atoms with Gasteiger partial charge in [-0.1, -0.05) is 34.1 Å². The van der Waals surface area contributed by atoms with Crippen LogP contribution in [0.2, 0.25) is 0 Å². The van der Waals surface area contributed by atoms with E-state index in [1.54, 1.807) is 11.2 Å². The molecule has 0 heterocycles. The van der Waals surface area contributed by atoms with E-state index in [2.05, 4.69) is 19.2 Å². The third-order valence-corrected chi connectivity index (χ3v) is 5.43. The SMILES string of the molecule is CCNCC(C)S(=O)(=O)N(CC)CC(C)CC. The van der Waals surface area contributed by atoms with E-state index < -0.39 is 10.0 Å². The molecule has 0 aromatic carbocycles. The Labute approximate surface area is 107 Å². The van der Waals surface area contributed by atoms with Crippen molar-refractivity contribution in [3.8, 4) is 0 Å². The van der Waals surface area contributed by atoms with Crippen LogP contribution in [0.3, 0.4) is 0 Å². The number of nitrogens with zero attached hydrogens (tertiary/aromatic N) is 1. The fraction of sp³-hybridized carbons (Fsp3) is 1.00. The largest absolute Gasteiger partial charge is 0.316 e. The van der Waals surface area contributed by atoms with Crippen LogP contribution < -0.4 is 5.32 Å². The van der Waals surface area contributed by atoms with E-state index in [0.29, 0.717) is 25.6 Å². The average molecular weight is 264 g/mol. The van der Waals surface area contributed by atoms with Crippen molar-refractivity contribution in [2.45, 2.75) is 46.3 Å². The van der Waals surface area contributed by atoms with Gasteiger partial charge in [0.2, 0.25) is 10.0 Å². The molecule has 0 fully saturated rings. The van der Waals surface area contributed by atoms with E-state index in [0.717, 1.165) is 13.0 Å². The lowest BCUT2D eigenvalue weighted by Crippen LogP contribution is -2.43. The third kappa shape index (κ3) is 5.36. The van der Waals surface area contributed by atoms with Crippen LogP contribution in [0.1, 0.15) is 41.0 Å². The van der Waals surface area contributed by atoms with Gasteiger partial charge in [0.05, 0.1) is 5.25 Å². The molecule has 0 saturated heterocycles. The predicted octanol–water partition coefficient (Wildman–Crippen LogP) is 1.68. The van der Waals surface area contributed by atoms with Crippen LogP contribution in [0.25, 0.3) is 0 Å². The van der Waals surface area contributed by atoms with Crippen molar-refractivity contribution in [1.82, 2.24) is 9.62 Å². The first kappa shape index (κ1) is 16.9. The van der Waals surface area contributed by atoms with Crippen molar-refractivity contribution in [3.63, 3.8) is 0 Å². The zero-order valence-electron chi connectivity index (χ0n) is 11.9. The normalized spacial score (nSPS) is 16.1. The summed E-state index contributed by atoms with van der Waals surface area (Å²) in [6.45, 7) is 12.4. The van der Waals surface area contributed by atoms with Gasteiger partial charge in [-0.15, -0.1) is 0 Å². The zero-order valence-corrected chi connectivity index (χ0v) is 12.7. The Morgan fingerprint density at radius 1 is 1.18 bits per heavy atom. The molecular weight excluding hydrogens is 236 g/mol. The first-order chi connectivity index (χ1) is 7.89. The maximum absolute atomic E-state index is 12.3. The number of sulfonamides is 1. The highest BCUT2D eigenvalue weighted by Gasteiger charge is 2.27. The molecule has 1 N–H and O–H groups in total. The molecule has 104 valence electrons. The van der Waals surface area contributed by atoms with E-state index in [-0.39, 0.29) is 5.25 Å². The molecular formula is C12H28N2O2S. The molecule has 0 saturated carbocycles. The molecule has 0 aliphatic rings. The smallest absolute Gasteiger partial charge is 0.217 e. The summed E-state index contributed by atoms with van der Waals surface area (Å²) in [5.74, 6) is 0.413. The Bertz CT molecular complexity index is 291. The van der Waals surface area contributed by atoms with Crippen LogP contribution in [-0.2, 0) is 10.0 Å². The van der Waals surface area contributed by atoms with Gasteiger partial charge in [-0.25, -0.2) is 12.7 Å². The van der Waals surface area contributed by atoms with Crippen molar-refractivity contribution in [3.05, 3.63) is 0 Å². The lowest BCUT2D eigenvalue weighted by atomic mass is 10.1. The van der Waals surface area contributed by atoms with Crippen molar-refractivity contribution in [2.75, 3.05) is 26.2 Å². The zero-order chi connectivity index (χ0) is 13.5. The van der Waals surface area contributed by atoms with Gasteiger partial charge in [-0.05, 0) is 19.4 Å². The molecule has 0 aliphatic carbocycles. The van der Waals surface area contributed by atoms with Crippen molar-refractivity contribution in [1.29, 1.82) is 0 Å². The van der Waals surface area contributed by atoms with Crippen LogP contribution in [0, 0.1) is 5.92 Å². The molecule has 0 spiro atoms. The van der Waals surface area contributed by atoms with Gasteiger partial charge in [0.15, 0.2) is 0 Å². The fourth-order valence-corrected chi connectivity index (χ4v) is 3.26. The molecule has 5 heteroatoms. The number of nitrogens with one attached hydrogen (secondary N) is 1. The minimum atomic E-state index is -3.16. The van der Waals surface area contributed by atoms with Crippen LogP contribution in [-0.4, -0.2) is 44.2 Å². The highest BCUT2D eigenvalue weighted by Crippen LogP contribution is 2.13. The quantitative estimate of drug-likeness (QED) is 0.689. The van der Waals surface area contributed by atoms with E-state index >= 15 is 0 Å². The number of hydrogen-bond donors (Lipinski definition) is 1. The average Bonchev–Trinajstić information content (AvgIpc) is 2.31. The summed E-state index contributed by atoms with van der Waals surface area (Å²) in [6, 6.07) is 0. The van der Waals surface area contributed by atoms with E-state index in [9.17, 15) is 8.42 Å². The summed E-state index contributed by atoms with van der Waals surface area (Å²) in [5, 5.41) is 2.74. The van der Waals surface area contributed by atoms with Crippen LogP contribution in [0.15, 0.2) is 0 Å². The van der Waals surface area contributed by atoms with Crippen molar-refractivity contribution < 1.29 is 8.42 Å².